The molecule has 160 valence electrons. The molecule has 1 aliphatic rings. The van der Waals surface area contributed by atoms with Gasteiger partial charge in [-0.05, 0) is 29.3 Å². The molecule has 0 unspecified atom stereocenters. The molecule has 1 heterocycles. The van der Waals surface area contributed by atoms with Gasteiger partial charge in [0.05, 0.1) is 24.9 Å². The second-order valence-corrected chi connectivity index (χ2v) is 10.3. The Morgan fingerprint density at radius 3 is 1.97 bits per heavy atom. The molecule has 0 spiro atoms. The van der Waals surface area contributed by atoms with Crippen molar-refractivity contribution >= 4 is 18.9 Å². The summed E-state index contributed by atoms with van der Waals surface area (Å²) in [5.41, 5.74) is 2.18. The van der Waals surface area contributed by atoms with Gasteiger partial charge in [0.25, 0.3) is 0 Å². The Balaban J connectivity index is 1.66. The molecule has 3 aromatic carbocycles. The summed E-state index contributed by atoms with van der Waals surface area (Å²) in [4.78, 5) is 11.9. The van der Waals surface area contributed by atoms with Crippen LogP contribution in [0.25, 0.3) is 0 Å². The third-order valence-electron chi connectivity index (χ3n) is 5.31. The number of hydrogen-bond donors (Lipinski definition) is 0. The van der Waals surface area contributed by atoms with Gasteiger partial charge in [0.15, 0.2) is 0 Å². The predicted molar refractivity (Wildman–Crippen MR) is 119 cm³/mol. The van der Waals surface area contributed by atoms with E-state index in [4.69, 9.17) is 13.8 Å². The van der Waals surface area contributed by atoms with Crippen molar-refractivity contribution in [2.45, 2.75) is 38.9 Å². The highest BCUT2D eigenvalue weighted by Gasteiger charge is 2.37. The highest BCUT2D eigenvalue weighted by molar-refractivity contribution is 7.62. The number of carbonyl (C=O) groups excluding carboxylic acids is 1. The Labute approximate surface area is 182 Å². The Morgan fingerprint density at radius 2 is 1.42 bits per heavy atom. The first kappa shape index (κ1) is 21.5. The van der Waals surface area contributed by atoms with E-state index >= 15 is 0 Å². The Morgan fingerprint density at radius 1 is 0.871 bits per heavy atom. The molecule has 4 rings (SSSR count). The van der Waals surface area contributed by atoms with Crippen LogP contribution < -0.4 is 10.0 Å². The van der Waals surface area contributed by atoms with E-state index in [-0.39, 0.29) is 25.6 Å². The lowest BCUT2D eigenvalue weighted by molar-refractivity contribution is -0.136. The molecule has 0 radical (unpaired) electrons. The van der Waals surface area contributed by atoms with Crippen molar-refractivity contribution in [3.05, 3.63) is 95.6 Å². The van der Waals surface area contributed by atoms with Crippen LogP contribution >= 0.6 is 7.60 Å². The van der Waals surface area contributed by atoms with Gasteiger partial charge in [-0.1, -0.05) is 74.5 Å². The van der Waals surface area contributed by atoms with E-state index in [1.807, 2.05) is 74.5 Å². The van der Waals surface area contributed by atoms with E-state index in [0.29, 0.717) is 11.1 Å². The average Bonchev–Trinajstić information content (AvgIpc) is 2.77. The van der Waals surface area contributed by atoms with Crippen molar-refractivity contribution in [1.82, 2.24) is 0 Å². The molecular weight excluding hydrogens is 411 g/mol. The van der Waals surface area contributed by atoms with Gasteiger partial charge in [0.1, 0.15) is 5.75 Å². The summed E-state index contributed by atoms with van der Waals surface area (Å²) in [5.74, 6) is 0.219. The quantitative estimate of drug-likeness (QED) is 0.277. The van der Waals surface area contributed by atoms with Crippen LogP contribution in [0.2, 0.25) is 0 Å². The molecule has 6 heteroatoms. The molecule has 0 bridgehead atoms. The van der Waals surface area contributed by atoms with Crippen molar-refractivity contribution in [3.63, 3.8) is 0 Å². The summed E-state index contributed by atoms with van der Waals surface area (Å²) in [6.07, 6.45) is 0.253. The molecule has 0 fully saturated rings. The average molecular weight is 436 g/mol. The lowest BCUT2D eigenvalue weighted by Crippen LogP contribution is -2.31. The van der Waals surface area contributed by atoms with Crippen LogP contribution in [-0.4, -0.2) is 5.97 Å². The first-order valence-electron chi connectivity index (χ1n) is 10.2. The van der Waals surface area contributed by atoms with Crippen LogP contribution in [0.5, 0.6) is 5.75 Å². The molecule has 0 aliphatic carbocycles. The number of rotatable bonds is 7. The number of ether oxygens (including phenoxy) is 1. The van der Waals surface area contributed by atoms with Crippen molar-refractivity contribution in [2.75, 3.05) is 0 Å². The summed E-state index contributed by atoms with van der Waals surface area (Å²) in [7, 11) is -3.66. The normalized spacial score (nSPS) is 15.2. The minimum Gasteiger partial charge on any atom is -0.426 e. The minimum atomic E-state index is -3.66. The number of benzene rings is 3. The molecule has 0 aromatic heterocycles. The molecular formula is C25H25O5P. The standard InChI is InChI=1S/C25H25O5P/c1-25(2)16-24(26)30-23-14-13-21(15-22(23)25)31(27,28-17-19-9-5-3-6-10-19)29-18-20-11-7-4-8-12-20/h3-15H,16-18H2,1-2H3. The van der Waals surface area contributed by atoms with Crippen molar-refractivity contribution in [2.24, 2.45) is 0 Å². The molecule has 0 saturated carbocycles. The molecule has 31 heavy (non-hydrogen) atoms. The fourth-order valence-corrected chi connectivity index (χ4v) is 5.13. The van der Waals surface area contributed by atoms with Crippen LogP contribution in [0.4, 0.5) is 0 Å². The summed E-state index contributed by atoms with van der Waals surface area (Å²) < 4.78 is 31.2. The van der Waals surface area contributed by atoms with Gasteiger partial charge >= 0.3 is 13.6 Å². The Kier molecular flexibility index (Phi) is 6.10. The van der Waals surface area contributed by atoms with Crippen LogP contribution in [0.15, 0.2) is 78.9 Å². The number of fused-ring (bicyclic) bond motifs is 1. The van der Waals surface area contributed by atoms with Crippen molar-refractivity contribution in [3.8, 4) is 5.75 Å². The lowest BCUT2D eigenvalue weighted by Gasteiger charge is -2.31. The Hall–Kier alpha value is -2.72. The van der Waals surface area contributed by atoms with E-state index in [9.17, 15) is 9.36 Å². The van der Waals surface area contributed by atoms with E-state index in [0.717, 1.165) is 16.7 Å². The minimum absolute atomic E-state index is 0.155. The van der Waals surface area contributed by atoms with E-state index in [1.165, 1.54) is 0 Å². The van der Waals surface area contributed by atoms with Gasteiger partial charge < -0.3 is 13.8 Å². The fourth-order valence-electron chi connectivity index (χ4n) is 3.57. The summed E-state index contributed by atoms with van der Waals surface area (Å²) in [6, 6.07) is 24.2. The largest absolute Gasteiger partial charge is 0.426 e. The molecule has 0 saturated heterocycles. The fraction of sp³-hybridized carbons (Fsp3) is 0.240. The molecule has 3 aromatic rings. The van der Waals surface area contributed by atoms with Crippen molar-refractivity contribution in [1.29, 1.82) is 0 Å². The van der Waals surface area contributed by atoms with Crippen LogP contribution in [0, 0.1) is 0 Å². The summed E-state index contributed by atoms with van der Waals surface area (Å²) in [6.45, 7) is 4.25. The maximum absolute atomic E-state index is 14.0. The van der Waals surface area contributed by atoms with Crippen LogP contribution in [-0.2, 0) is 37.0 Å². The zero-order valence-electron chi connectivity index (χ0n) is 17.6. The lowest BCUT2D eigenvalue weighted by atomic mass is 9.79. The van der Waals surface area contributed by atoms with Gasteiger partial charge in [-0.25, -0.2) is 0 Å². The molecule has 1 aliphatic heterocycles. The summed E-state index contributed by atoms with van der Waals surface area (Å²) in [5, 5.41) is 0.448. The van der Waals surface area contributed by atoms with Crippen LogP contribution in [0.1, 0.15) is 37.0 Å². The van der Waals surface area contributed by atoms with E-state index in [2.05, 4.69) is 0 Å². The number of hydrogen-bond acceptors (Lipinski definition) is 5. The highest BCUT2D eigenvalue weighted by atomic mass is 31.2. The van der Waals surface area contributed by atoms with Gasteiger partial charge in [0, 0.05) is 11.0 Å². The second kappa shape index (κ2) is 8.80. The highest BCUT2D eigenvalue weighted by Crippen LogP contribution is 2.50. The van der Waals surface area contributed by atoms with E-state index < -0.39 is 13.0 Å². The molecule has 5 nitrogen and oxygen atoms in total. The Bertz CT molecular complexity index is 1060. The zero-order valence-corrected chi connectivity index (χ0v) is 18.5. The smallest absolute Gasteiger partial charge is 0.361 e. The maximum Gasteiger partial charge on any atom is 0.361 e. The van der Waals surface area contributed by atoms with E-state index in [1.54, 1.807) is 18.2 Å². The van der Waals surface area contributed by atoms with Crippen molar-refractivity contribution < 1.29 is 23.1 Å². The predicted octanol–water partition coefficient (Wildman–Crippen LogP) is 5.53. The number of esters is 1. The molecule has 0 amide bonds. The van der Waals surface area contributed by atoms with Gasteiger partial charge in [-0.3, -0.25) is 9.36 Å². The third-order valence-corrected chi connectivity index (χ3v) is 7.16. The topological polar surface area (TPSA) is 61.8 Å². The first-order valence-corrected chi connectivity index (χ1v) is 11.7. The molecule has 0 N–H and O–H groups in total. The SMILES string of the molecule is CC1(C)CC(=O)Oc2ccc(P(=O)(OCc3ccccc3)OCc3ccccc3)cc21. The number of carbonyl (C=O) groups is 1. The van der Waals surface area contributed by atoms with Gasteiger partial charge in [0.2, 0.25) is 0 Å². The maximum atomic E-state index is 14.0. The zero-order chi connectivity index (χ0) is 21.9. The second-order valence-electron chi connectivity index (χ2n) is 8.23. The van der Waals surface area contributed by atoms with Gasteiger partial charge in [-0.2, -0.15) is 0 Å². The van der Waals surface area contributed by atoms with Gasteiger partial charge in [-0.15, -0.1) is 0 Å². The summed E-state index contributed by atoms with van der Waals surface area (Å²) >= 11 is 0. The third kappa shape index (κ3) is 4.96. The first-order chi connectivity index (χ1) is 14.9. The molecule has 0 atom stereocenters. The van der Waals surface area contributed by atoms with Crippen LogP contribution in [0.3, 0.4) is 0 Å². The monoisotopic (exact) mass is 436 g/mol.